The minimum absolute atomic E-state index is 0.320. The summed E-state index contributed by atoms with van der Waals surface area (Å²) in [4.78, 5) is 0. The van der Waals surface area contributed by atoms with Crippen LogP contribution in [0, 0.1) is 0 Å². The van der Waals surface area contributed by atoms with Gasteiger partial charge in [-0.3, -0.25) is 4.68 Å². The maximum absolute atomic E-state index is 12.1. The molecule has 0 radical (unpaired) electrons. The van der Waals surface area contributed by atoms with Crippen LogP contribution in [0.15, 0.2) is 30.6 Å². The highest BCUT2D eigenvalue weighted by Gasteiger charge is 2.31. The predicted molar refractivity (Wildman–Crippen MR) is 65.1 cm³/mol. The highest BCUT2D eigenvalue weighted by atomic mass is 19.4. The van der Waals surface area contributed by atoms with E-state index in [1.807, 2.05) is 0 Å². The molecule has 0 fully saturated rings. The van der Waals surface area contributed by atoms with Crippen molar-refractivity contribution in [3.05, 3.63) is 30.6 Å². The summed E-state index contributed by atoms with van der Waals surface area (Å²) in [5, 5.41) is 13.8. The average molecular weight is 287 g/mol. The first kappa shape index (κ1) is 14.2. The Morgan fingerprint density at radius 3 is 2.70 bits per heavy atom. The van der Waals surface area contributed by atoms with E-state index in [9.17, 15) is 18.3 Å². The van der Waals surface area contributed by atoms with Crippen molar-refractivity contribution >= 4 is 0 Å². The maximum Gasteiger partial charge on any atom is 0.573 e. The van der Waals surface area contributed by atoms with Crippen molar-refractivity contribution in [2.75, 3.05) is 6.54 Å². The first-order chi connectivity index (χ1) is 9.39. The lowest BCUT2D eigenvalue weighted by molar-refractivity contribution is -0.274. The first-order valence-corrected chi connectivity index (χ1v) is 5.71. The van der Waals surface area contributed by atoms with Crippen molar-refractivity contribution in [1.29, 1.82) is 0 Å². The van der Waals surface area contributed by atoms with Crippen LogP contribution < -0.4 is 10.5 Å². The topological polar surface area (TPSA) is 73.3 Å². The van der Waals surface area contributed by atoms with Crippen molar-refractivity contribution in [1.82, 2.24) is 9.78 Å². The van der Waals surface area contributed by atoms with Crippen molar-refractivity contribution in [3.8, 4) is 22.6 Å². The zero-order chi connectivity index (χ0) is 14.8. The third-order valence-electron chi connectivity index (χ3n) is 2.51. The highest BCUT2D eigenvalue weighted by Crippen LogP contribution is 2.34. The number of benzene rings is 1. The summed E-state index contributed by atoms with van der Waals surface area (Å²) in [6.07, 6.45) is -1.65. The fourth-order valence-corrected chi connectivity index (χ4v) is 1.71. The van der Waals surface area contributed by atoms with Gasteiger partial charge in [0.1, 0.15) is 11.5 Å². The molecule has 0 aliphatic carbocycles. The van der Waals surface area contributed by atoms with Crippen LogP contribution in [0.2, 0.25) is 0 Å². The minimum Gasteiger partial charge on any atom is -0.507 e. The Labute approximate surface area is 112 Å². The van der Waals surface area contributed by atoms with Crippen LogP contribution in [0.4, 0.5) is 13.2 Å². The first-order valence-electron chi connectivity index (χ1n) is 5.71. The summed E-state index contributed by atoms with van der Waals surface area (Å²) in [5.41, 5.74) is 6.33. The molecule has 0 saturated heterocycles. The molecule has 2 aromatic rings. The lowest BCUT2D eigenvalue weighted by atomic mass is 10.1. The summed E-state index contributed by atoms with van der Waals surface area (Å²) in [5.74, 6) is -0.799. The second-order valence-electron chi connectivity index (χ2n) is 4.01. The average Bonchev–Trinajstić information content (AvgIpc) is 2.76. The van der Waals surface area contributed by atoms with E-state index < -0.39 is 12.1 Å². The molecule has 108 valence electrons. The Hall–Kier alpha value is -2.22. The fourth-order valence-electron chi connectivity index (χ4n) is 1.71. The van der Waals surface area contributed by atoms with Gasteiger partial charge in [-0.2, -0.15) is 5.10 Å². The Morgan fingerprint density at radius 2 is 2.10 bits per heavy atom. The number of aromatic hydroxyl groups is 1. The molecule has 0 bridgehead atoms. The molecular formula is C12H12F3N3O2. The van der Waals surface area contributed by atoms with Gasteiger partial charge in [0.15, 0.2) is 0 Å². The number of ether oxygens (including phenoxy) is 1. The molecule has 0 unspecified atom stereocenters. The monoisotopic (exact) mass is 287 g/mol. The van der Waals surface area contributed by atoms with Gasteiger partial charge in [-0.1, -0.05) is 0 Å². The molecule has 0 aliphatic rings. The predicted octanol–water partition coefficient (Wildman–Crippen LogP) is 2.11. The summed E-state index contributed by atoms with van der Waals surface area (Å²) in [6.45, 7) is 0.918. The van der Waals surface area contributed by atoms with Crippen molar-refractivity contribution < 1.29 is 23.0 Å². The van der Waals surface area contributed by atoms with Crippen LogP contribution in [0.5, 0.6) is 11.5 Å². The molecule has 8 heteroatoms. The number of alkyl halides is 3. The van der Waals surface area contributed by atoms with Crippen LogP contribution in [-0.4, -0.2) is 27.8 Å². The zero-order valence-corrected chi connectivity index (χ0v) is 10.3. The third kappa shape index (κ3) is 3.41. The Kier molecular flexibility index (Phi) is 3.84. The molecule has 0 spiro atoms. The van der Waals surface area contributed by atoms with E-state index in [1.54, 1.807) is 10.9 Å². The standard InChI is InChI=1S/C12H12F3N3O2/c13-12(14,15)20-9-1-2-10(11(19)5-9)8-6-17-18(7-8)4-3-16/h1-2,5-7,19H,3-4,16H2. The molecule has 1 heterocycles. The van der Waals surface area contributed by atoms with Crippen LogP contribution >= 0.6 is 0 Å². The molecule has 2 rings (SSSR count). The largest absolute Gasteiger partial charge is 0.573 e. The van der Waals surface area contributed by atoms with E-state index in [4.69, 9.17) is 5.73 Å². The van der Waals surface area contributed by atoms with Crippen molar-refractivity contribution in [2.24, 2.45) is 5.73 Å². The van der Waals surface area contributed by atoms with Gasteiger partial charge in [0.05, 0.1) is 12.7 Å². The number of nitrogens with zero attached hydrogens (tertiary/aromatic N) is 2. The van der Waals surface area contributed by atoms with Crippen molar-refractivity contribution in [3.63, 3.8) is 0 Å². The van der Waals surface area contributed by atoms with Gasteiger partial charge in [0.2, 0.25) is 0 Å². The number of hydrogen-bond donors (Lipinski definition) is 2. The number of phenolic OH excluding ortho intramolecular Hbond substituents is 1. The smallest absolute Gasteiger partial charge is 0.507 e. The molecule has 0 aliphatic heterocycles. The van der Waals surface area contributed by atoms with E-state index in [1.165, 1.54) is 12.3 Å². The Morgan fingerprint density at radius 1 is 1.35 bits per heavy atom. The Bertz CT molecular complexity index is 596. The number of hydrogen-bond acceptors (Lipinski definition) is 4. The number of aromatic nitrogens is 2. The van der Waals surface area contributed by atoms with Crippen LogP contribution in [-0.2, 0) is 6.54 Å². The van der Waals surface area contributed by atoms with Gasteiger partial charge in [0, 0.05) is 29.9 Å². The van der Waals surface area contributed by atoms with Crippen LogP contribution in [0.1, 0.15) is 0 Å². The molecule has 0 amide bonds. The second kappa shape index (κ2) is 5.41. The van der Waals surface area contributed by atoms with E-state index in [-0.39, 0.29) is 5.75 Å². The summed E-state index contributed by atoms with van der Waals surface area (Å²) < 4.78 is 41.5. The number of rotatable bonds is 4. The summed E-state index contributed by atoms with van der Waals surface area (Å²) in [7, 11) is 0. The normalized spacial score (nSPS) is 11.6. The molecule has 0 saturated carbocycles. The lowest BCUT2D eigenvalue weighted by Crippen LogP contribution is -2.16. The SMILES string of the molecule is NCCn1cc(-c2ccc(OC(F)(F)F)cc2O)cn1. The highest BCUT2D eigenvalue weighted by molar-refractivity contribution is 5.69. The van der Waals surface area contributed by atoms with Crippen LogP contribution in [0.3, 0.4) is 0 Å². The van der Waals surface area contributed by atoms with E-state index >= 15 is 0 Å². The van der Waals surface area contributed by atoms with Crippen molar-refractivity contribution in [2.45, 2.75) is 12.9 Å². The molecule has 1 aromatic carbocycles. The summed E-state index contributed by atoms with van der Waals surface area (Å²) in [6, 6.07) is 3.37. The van der Waals surface area contributed by atoms with Gasteiger partial charge in [-0.05, 0) is 12.1 Å². The van der Waals surface area contributed by atoms with E-state index in [2.05, 4.69) is 9.84 Å². The summed E-state index contributed by atoms with van der Waals surface area (Å²) >= 11 is 0. The number of nitrogens with two attached hydrogens (primary N) is 1. The molecule has 5 nitrogen and oxygen atoms in total. The maximum atomic E-state index is 12.1. The van der Waals surface area contributed by atoms with E-state index in [0.29, 0.717) is 24.2 Å². The fraction of sp³-hybridized carbons (Fsp3) is 0.250. The molecular weight excluding hydrogens is 275 g/mol. The molecule has 0 atom stereocenters. The minimum atomic E-state index is -4.79. The van der Waals surface area contributed by atoms with Crippen LogP contribution in [0.25, 0.3) is 11.1 Å². The molecule has 20 heavy (non-hydrogen) atoms. The van der Waals surface area contributed by atoms with E-state index in [0.717, 1.165) is 12.1 Å². The Balaban J connectivity index is 2.24. The second-order valence-corrected chi connectivity index (χ2v) is 4.01. The van der Waals surface area contributed by atoms with Gasteiger partial charge in [-0.25, -0.2) is 0 Å². The molecule has 1 aromatic heterocycles. The lowest BCUT2D eigenvalue weighted by Gasteiger charge is -2.10. The van der Waals surface area contributed by atoms with Gasteiger partial charge in [0.25, 0.3) is 0 Å². The molecule has 3 N–H and O–H groups in total. The van der Waals surface area contributed by atoms with Gasteiger partial charge in [-0.15, -0.1) is 13.2 Å². The van der Waals surface area contributed by atoms with Gasteiger partial charge < -0.3 is 15.6 Å². The zero-order valence-electron chi connectivity index (χ0n) is 10.3. The third-order valence-corrected chi connectivity index (χ3v) is 2.51. The quantitative estimate of drug-likeness (QED) is 0.903. The number of phenols is 1. The number of halogens is 3. The van der Waals surface area contributed by atoms with Gasteiger partial charge >= 0.3 is 6.36 Å².